The van der Waals surface area contributed by atoms with E-state index >= 15 is 0 Å². The van der Waals surface area contributed by atoms with E-state index < -0.39 is 0 Å². The van der Waals surface area contributed by atoms with Crippen molar-refractivity contribution in [2.24, 2.45) is 4.99 Å². The van der Waals surface area contributed by atoms with Crippen molar-refractivity contribution in [3.8, 4) is 0 Å². The molecule has 0 radical (unpaired) electrons. The van der Waals surface area contributed by atoms with E-state index in [1.54, 1.807) is 7.11 Å². The van der Waals surface area contributed by atoms with Crippen molar-refractivity contribution in [2.75, 3.05) is 33.3 Å². The lowest BCUT2D eigenvalue weighted by molar-refractivity contribution is -0.0939. The molecule has 0 saturated carbocycles. The molecule has 0 aromatic carbocycles. The van der Waals surface area contributed by atoms with E-state index in [9.17, 15) is 0 Å². The lowest BCUT2D eigenvalue weighted by atomic mass is 10.0. The monoisotopic (exact) mass is 549 g/mol. The van der Waals surface area contributed by atoms with Crippen molar-refractivity contribution in [1.29, 1.82) is 0 Å². The molecule has 10 heteroatoms. The van der Waals surface area contributed by atoms with E-state index in [-0.39, 0.29) is 47.8 Å². The zero-order valence-electron chi connectivity index (χ0n) is 19.8. The summed E-state index contributed by atoms with van der Waals surface area (Å²) in [6, 6.07) is 0.277. The molecule has 3 rings (SSSR count). The van der Waals surface area contributed by atoms with Gasteiger partial charge in [-0.25, -0.2) is 9.67 Å². The molecule has 2 N–H and O–H groups in total. The molecule has 1 aromatic heterocycles. The molecule has 31 heavy (non-hydrogen) atoms. The molecule has 1 fully saturated rings. The molecule has 0 bridgehead atoms. The van der Waals surface area contributed by atoms with E-state index in [0.29, 0.717) is 6.61 Å². The lowest BCUT2D eigenvalue weighted by Gasteiger charge is -2.44. The van der Waals surface area contributed by atoms with Crippen LogP contribution in [0.5, 0.6) is 0 Å². The van der Waals surface area contributed by atoms with Gasteiger partial charge in [-0.3, -0.25) is 9.89 Å². The summed E-state index contributed by atoms with van der Waals surface area (Å²) in [5.74, 6) is 2.66. The Morgan fingerprint density at radius 3 is 2.61 bits per heavy atom. The molecule has 3 atom stereocenters. The normalized spacial score (nSPS) is 25.0. The van der Waals surface area contributed by atoms with Gasteiger partial charge in [-0.05, 0) is 41.0 Å². The van der Waals surface area contributed by atoms with E-state index in [0.717, 1.165) is 63.2 Å². The smallest absolute Gasteiger partial charge is 0.191 e. The van der Waals surface area contributed by atoms with Gasteiger partial charge in [0, 0.05) is 44.7 Å². The molecule has 0 amide bonds. The van der Waals surface area contributed by atoms with Crippen molar-refractivity contribution in [3.05, 3.63) is 11.6 Å². The van der Waals surface area contributed by atoms with Gasteiger partial charge in [0.05, 0.1) is 25.3 Å². The van der Waals surface area contributed by atoms with Crippen molar-refractivity contribution >= 4 is 29.9 Å². The van der Waals surface area contributed by atoms with Gasteiger partial charge in [-0.2, -0.15) is 5.10 Å². The van der Waals surface area contributed by atoms with Gasteiger partial charge < -0.3 is 20.1 Å². The predicted octanol–water partition coefficient (Wildman–Crippen LogP) is 1.80. The van der Waals surface area contributed by atoms with Crippen molar-refractivity contribution in [3.63, 3.8) is 0 Å². The number of hydrogen-bond donors (Lipinski definition) is 2. The number of guanidine groups is 1. The highest BCUT2D eigenvalue weighted by Crippen LogP contribution is 2.21. The minimum Gasteiger partial charge on any atom is -0.377 e. The van der Waals surface area contributed by atoms with Gasteiger partial charge in [-0.15, -0.1) is 24.0 Å². The van der Waals surface area contributed by atoms with Gasteiger partial charge in [0.15, 0.2) is 11.8 Å². The fourth-order valence-corrected chi connectivity index (χ4v) is 4.23. The number of halogens is 1. The second-order valence-corrected chi connectivity index (χ2v) is 9.11. The Hall–Kier alpha value is -0.980. The van der Waals surface area contributed by atoms with Crippen molar-refractivity contribution in [1.82, 2.24) is 30.3 Å². The number of nitrogens with zero attached hydrogens (tertiary/aromatic N) is 5. The highest BCUT2D eigenvalue weighted by molar-refractivity contribution is 14.0. The van der Waals surface area contributed by atoms with E-state index in [1.165, 1.54) is 0 Å². The average Bonchev–Trinajstić information content (AvgIpc) is 3.07. The highest BCUT2D eigenvalue weighted by Gasteiger charge is 2.33. The Morgan fingerprint density at radius 2 is 1.97 bits per heavy atom. The molecule has 0 aliphatic carbocycles. The summed E-state index contributed by atoms with van der Waals surface area (Å²) in [4.78, 5) is 12.0. The second kappa shape index (κ2) is 11.8. The first-order chi connectivity index (χ1) is 14.3. The zero-order chi connectivity index (χ0) is 21.7. The third-order valence-electron chi connectivity index (χ3n) is 5.76. The Balaban J connectivity index is 0.00000341. The summed E-state index contributed by atoms with van der Waals surface area (Å²) < 4.78 is 13.1. The second-order valence-electron chi connectivity index (χ2n) is 9.11. The SMILES string of the molecule is CCNC(=NCC(C)(C)N1CC(C)OC(C)C1)NC1CCc2nc(COC)nn2C1.I. The summed E-state index contributed by atoms with van der Waals surface area (Å²) in [5, 5.41) is 11.6. The fourth-order valence-electron chi connectivity index (χ4n) is 4.23. The Kier molecular flexibility index (Phi) is 9.97. The third-order valence-corrected chi connectivity index (χ3v) is 5.76. The molecule has 2 aliphatic heterocycles. The summed E-state index contributed by atoms with van der Waals surface area (Å²) in [6.07, 6.45) is 2.43. The largest absolute Gasteiger partial charge is 0.377 e. The van der Waals surface area contributed by atoms with Crippen LogP contribution >= 0.6 is 24.0 Å². The van der Waals surface area contributed by atoms with Crippen LogP contribution in [0.4, 0.5) is 0 Å². The number of fused-ring (bicyclic) bond motifs is 1. The number of hydrogen-bond acceptors (Lipinski definition) is 6. The third kappa shape index (κ3) is 7.26. The molecular formula is C21H40IN7O2. The summed E-state index contributed by atoms with van der Waals surface area (Å²) in [6.45, 7) is 15.6. The number of aryl methyl sites for hydroxylation is 1. The maximum Gasteiger partial charge on any atom is 0.191 e. The van der Waals surface area contributed by atoms with Crippen LogP contribution in [0.15, 0.2) is 4.99 Å². The van der Waals surface area contributed by atoms with Crippen LogP contribution in [0.3, 0.4) is 0 Å². The van der Waals surface area contributed by atoms with E-state index in [4.69, 9.17) is 14.5 Å². The van der Waals surface area contributed by atoms with Gasteiger partial charge in [0.25, 0.3) is 0 Å². The molecule has 2 aliphatic rings. The summed E-state index contributed by atoms with van der Waals surface area (Å²) in [5.41, 5.74) is -0.0324. The number of rotatable bonds is 7. The van der Waals surface area contributed by atoms with Crippen molar-refractivity contribution in [2.45, 2.75) is 84.4 Å². The molecule has 0 spiro atoms. The first-order valence-electron chi connectivity index (χ1n) is 11.2. The van der Waals surface area contributed by atoms with Crippen LogP contribution in [-0.2, 0) is 29.0 Å². The van der Waals surface area contributed by atoms with Crippen LogP contribution in [0.25, 0.3) is 0 Å². The average molecular weight is 550 g/mol. The van der Waals surface area contributed by atoms with Crippen LogP contribution in [0.1, 0.15) is 52.7 Å². The maximum atomic E-state index is 5.90. The first-order valence-corrected chi connectivity index (χ1v) is 11.2. The summed E-state index contributed by atoms with van der Waals surface area (Å²) >= 11 is 0. The number of morpholine rings is 1. The van der Waals surface area contributed by atoms with Gasteiger partial charge in [-0.1, -0.05) is 0 Å². The number of aromatic nitrogens is 3. The molecule has 3 unspecified atom stereocenters. The Bertz CT molecular complexity index is 715. The van der Waals surface area contributed by atoms with Crippen LogP contribution in [0.2, 0.25) is 0 Å². The van der Waals surface area contributed by atoms with Crippen LogP contribution in [-0.4, -0.2) is 82.7 Å². The highest BCUT2D eigenvalue weighted by atomic mass is 127. The maximum absolute atomic E-state index is 5.90. The van der Waals surface area contributed by atoms with Gasteiger partial charge in [0.2, 0.25) is 0 Å². The quantitative estimate of drug-likeness (QED) is 0.305. The van der Waals surface area contributed by atoms with Crippen LogP contribution < -0.4 is 10.6 Å². The topological polar surface area (TPSA) is 88.8 Å². The number of methoxy groups -OCH3 is 1. The standard InChI is InChI=1S/C21H39N7O2.HI/c1-7-22-20(23-14-21(4,5)27-10-15(2)30-16(3)11-27)24-17-8-9-19-25-18(13-29-6)26-28(19)12-17;/h15-17H,7-14H2,1-6H3,(H2,22,23,24);1H. The van der Waals surface area contributed by atoms with Crippen LogP contribution in [0, 0.1) is 0 Å². The summed E-state index contributed by atoms with van der Waals surface area (Å²) in [7, 11) is 1.67. The number of ether oxygens (including phenoxy) is 2. The molecule has 9 nitrogen and oxygen atoms in total. The minimum absolute atomic E-state index is 0. The molecule has 178 valence electrons. The molecular weight excluding hydrogens is 509 g/mol. The molecule has 1 saturated heterocycles. The van der Waals surface area contributed by atoms with E-state index in [1.807, 2.05) is 4.68 Å². The predicted molar refractivity (Wildman–Crippen MR) is 133 cm³/mol. The molecule has 1 aromatic rings. The minimum atomic E-state index is -0.0324. The van der Waals surface area contributed by atoms with Gasteiger partial charge >= 0.3 is 0 Å². The fraction of sp³-hybridized carbons (Fsp3) is 0.857. The lowest BCUT2D eigenvalue weighted by Crippen LogP contribution is -2.56. The first kappa shape index (κ1) is 26.3. The van der Waals surface area contributed by atoms with Crippen molar-refractivity contribution < 1.29 is 9.47 Å². The molecule has 3 heterocycles. The Labute approximate surface area is 203 Å². The number of nitrogens with one attached hydrogen (secondary N) is 2. The Morgan fingerprint density at radius 1 is 1.26 bits per heavy atom. The zero-order valence-corrected chi connectivity index (χ0v) is 22.2. The van der Waals surface area contributed by atoms with E-state index in [2.05, 4.69) is 60.2 Å². The van der Waals surface area contributed by atoms with Gasteiger partial charge in [0.1, 0.15) is 12.4 Å². The number of aliphatic imine (C=N–C) groups is 1.